The Morgan fingerprint density at radius 2 is 1.80 bits per heavy atom. The number of nitrogens with one attached hydrogen (secondary N) is 2. The van der Waals surface area contributed by atoms with E-state index in [-0.39, 0.29) is 16.8 Å². The van der Waals surface area contributed by atoms with E-state index in [1.165, 1.54) is 15.8 Å². The Balaban J connectivity index is 2.37. The number of rotatable bonds is 5. The molecule has 5 nitrogen and oxygen atoms in total. The van der Waals surface area contributed by atoms with Crippen LogP contribution in [0.4, 0.5) is 0 Å². The summed E-state index contributed by atoms with van der Waals surface area (Å²) in [7, 11) is 0. The molecule has 0 heterocycles. The maximum atomic E-state index is 10.7. The van der Waals surface area contributed by atoms with E-state index in [9.17, 15) is 4.79 Å². The lowest BCUT2D eigenvalue weighted by molar-refractivity contribution is -0.133. The molecule has 0 atom stereocenters. The zero-order valence-electron chi connectivity index (χ0n) is 14.7. The summed E-state index contributed by atoms with van der Waals surface area (Å²) in [6.45, 7) is 6.31. The van der Waals surface area contributed by atoms with Crippen molar-refractivity contribution in [3.8, 4) is 0 Å². The van der Waals surface area contributed by atoms with Crippen LogP contribution in [0, 0.1) is 10.8 Å². The number of aliphatic carboxylic acids is 1. The van der Waals surface area contributed by atoms with Crippen LogP contribution in [0.2, 0.25) is 0 Å². The van der Waals surface area contributed by atoms with Crippen LogP contribution < -0.4 is 0 Å². The molecule has 0 aliphatic carbocycles. The number of carboxylic acids is 1. The molecule has 3 N–H and O–H groups in total. The maximum Gasteiger partial charge on any atom is 0.313 e. The van der Waals surface area contributed by atoms with Gasteiger partial charge in [0.2, 0.25) is 0 Å². The summed E-state index contributed by atoms with van der Waals surface area (Å²) in [5.74, 6) is -0.525. The molecule has 0 fully saturated rings. The Morgan fingerprint density at radius 1 is 1.16 bits per heavy atom. The quantitative estimate of drug-likeness (QED) is 0.542. The van der Waals surface area contributed by atoms with Crippen molar-refractivity contribution in [2.45, 2.75) is 33.2 Å². The van der Waals surface area contributed by atoms with Gasteiger partial charge in [0.25, 0.3) is 0 Å². The Bertz CT molecular complexity index is 817. The fourth-order valence-corrected chi connectivity index (χ4v) is 3.36. The van der Waals surface area contributed by atoms with Crippen molar-refractivity contribution in [1.82, 2.24) is 4.90 Å². The number of thioether (sulfide) groups is 1. The van der Waals surface area contributed by atoms with E-state index in [1.54, 1.807) is 6.92 Å². The molecule has 0 saturated heterocycles. The second-order valence-electron chi connectivity index (χ2n) is 6.17. The second-order valence-corrected chi connectivity index (χ2v) is 7.14. The number of hydrogen-bond donors (Lipinski definition) is 3. The molecule has 0 bridgehead atoms. The number of carboxylic acid groups (broad SMARTS) is 1. The van der Waals surface area contributed by atoms with Crippen LogP contribution in [-0.2, 0) is 11.3 Å². The van der Waals surface area contributed by atoms with Crippen molar-refractivity contribution in [3.63, 3.8) is 0 Å². The van der Waals surface area contributed by atoms with E-state index < -0.39 is 5.97 Å². The van der Waals surface area contributed by atoms with Crippen LogP contribution in [0.3, 0.4) is 0 Å². The summed E-state index contributed by atoms with van der Waals surface area (Å²) in [4.78, 5) is 12.3. The molecule has 25 heavy (non-hydrogen) atoms. The highest BCUT2D eigenvalue weighted by molar-refractivity contribution is 8.14. The minimum absolute atomic E-state index is 0.0758. The number of hydrogen-bond acceptors (Lipinski definition) is 4. The first kappa shape index (κ1) is 19.0. The third-order valence-electron chi connectivity index (χ3n) is 3.98. The molecule has 2 rings (SSSR count). The highest BCUT2D eigenvalue weighted by atomic mass is 32.2. The summed E-state index contributed by atoms with van der Waals surface area (Å²) in [6, 6.07) is 12.3. The summed E-state index contributed by atoms with van der Waals surface area (Å²) >= 11 is 0.923. The highest BCUT2D eigenvalue weighted by Gasteiger charge is 2.17. The topological polar surface area (TPSA) is 88.2 Å². The van der Waals surface area contributed by atoms with Crippen molar-refractivity contribution in [3.05, 3.63) is 47.5 Å². The summed E-state index contributed by atoms with van der Waals surface area (Å²) in [6.07, 6.45) is 0. The third-order valence-corrected chi connectivity index (χ3v) is 4.87. The smallest absolute Gasteiger partial charge is 0.313 e. The normalized spacial score (nSPS) is 10.9. The lowest BCUT2D eigenvalue weighted by atomic mass is 9.93. The van der Waals surface area contributed by atoms with E-state index in [4.69, 9.17) is 15.9 Å². The number of amidine groups is 2. The Kier molecular flexibility index (Phi) is 6.20. The van der Waals surface area contributed by atoms with E-state index in [0.717, 1.165) is 22.7 Å². The molecule has 0 saturated carbocycles. The zero-order valence-corrected chi connectivity index (χ0v) is 15.5. The predicted octanol–water partition coefficient (Wildman–Crippen LogP) is 4.51. The molecule has 0 aromatic heterocycles. The van der Waals surface area contributed by atoms with E-state index in [0.29, 0.717) is 12.5 Å². The van der Waals surface area contributed by atoms with Crippen molar-refractivity contribution < 1.29 is 9.90 Å². The van der Waals surface area contributed by atoms with Gasteiger partial charge < -0.3 is 10.0 Å². The van der Waals surface area contributed by atoms with Crippen molar-refractivity contribution >= 4 is 39.5 Å². The monoisotopic (exact) mass is 357 g/mol. The summed E-state index contributed by atoms with van der Waals surface area (Å²) < 4.78 is 0. The van der Waals surface area contributed by atoms with Crippen LogP contribution in [0.25, 0.3) is 10.8 Å². The van der Waals surface area contributed by atoms with Gasteiger partial charge in [0.1, 0.15) is 0 Å². The standard InChI is InChI=1S/C19H23N3O2S/c1-12(2)15-9-8-14(16-6-4-5-7-17(15)16)10-22(13(3)20)19(21)25-11-18(23)24/h4-9,12,20-21H,10-11H2,1-3H3,(H,23,24). The Labute approximate surface area is 152 Å². The number of carbonyl (C=O) groups is 1. The van der Waals surface area contributed by atoms with Gasteiger partial charge in [-0.3, -0.25) is 15.6 Å². The van der Waals surface area contributed by atoms with Crippen LogP contribution in [0.15, 0.2) is 36.4 Å². The molecule has 0 aliphatic rings. The van der Waals surface area contributed by atoms with Gasteiger partial charge in [0.15, 0.2) is 5.17 Å². The molecule has 0 unspecified atom stereocenters. The minimum Gasteiger partial charge on any atom is -0.481 e. The van der Waals surface area contributed by atoms with Crippen LogP contribution in [-0.4, -0.2) is 32.7 Å². The highest BCUT2D eigenvalue weighted by Crippen LogP contribution is 2.29. The Hall–Kier alpha value is -2.34. The number of fused-ring (bicyclic) bond motifs is 1. The van der Waals surface area contributed by atoms with Gasteiger partial charge in [-0.25, -0.2) is 0 Å². The molecule has 2 aromatic carbocycles. The average molecular weight is 357 g/mol. The second kappa shape index (κ2) is 8.16. The molecule has 0 aliphatic heterocycles. The maximum absolute atomic E-state index is 10.7. The van der Waals surface area contributed by atoms with Crippen LogP contribution in [0.5, 0.6) is 0 Å². The fraction of sp³-hybridized carbons (Fsp3) is 0.316. The molecular weight excluding hydrogens is 334 g/mol. The molecule has 132 valence electrons. The van der Waals surface area contributed by atoms with Gasteiger partial charge in [0, 0.05) is 0 Å². The summed E-state index contributed by atoms with van der Waals surface area (Å²) in [5, 5.41) is 27.3. The van der Waals surface area contributed by atoms with Crippen molar-refractivity contribution in [1.29, 1.82) is 10.8 Å². The molecule has 2 aromatic rings. The largest absolute Gasteiger partial charge is 0.481 e. The molecule has 0 radical (unpaired) electrons. The number of nitrogens with zero attached hydrogens (tertiary/aromatic N) is 1. The molecule has 0 spiro atoms. The van der Waals surface area contributed by atoms with Gasteiger partial charge in [-0.05, 0) is 34.7 Å². The van der Waals surface area contributed by atoms with E-state index >= 15 is 0 Å². The first-order valence-corrected chi connectivity index (χ1v) is 9.06. The molecule has 0 amide bonds. The Morgan fingerprint density at radius 3 is 2.36 bits per heavy atom. The fourth-order valence-electron chi connectivity index (χ4n) is 2.75. The van der Waals surface area contributed by atoms with Crippen molar-refractivity contribution in [2.75, 3.05) is 5.75 Å². The SMILES string of the molecule is CC(=N)N(Cc1ccc(C(C)C)c2ccccc12)C(=N)SCC(=O)O. The first-order chi connectivity index (χ1) is 11.8. The molecular formula is C19H23N3O2S. The van der Waals surface area contributed by atoms with Gasteiger partial charge >= 0.3 is 5.97 Å². The van der Waals surface area contributed by atoms with Crippen LogP contribution >= 0.6 is 11.8 Å². The minimum atomic E-state index is -0.968. The van der Waals surface area contributed by atoms with Crippen molar-refractivity contribution in [2.24, 2.45) is 0 Å². The van der Waals surface area contributed by atoms with Gasteiger partial charge in [-0.2, -0.15) is 0 Å². The zero-order chi connectivity index (χ0) is 18.6. The van der Waals surface area contributed by atoms with E-state index in [1.807, 2.05) is 18.2 Å². The summed E-state index contributed by atoms with van der Waals surface area (Å²) in [5.41, 5.74) is 2.29. The number of benzene rings is 2. The van der Waals surface area contributed by atoms with Gasteiger partial charge in [-0.15, -0.1) is 0 Å². The lowest BCUT2D eigenvalue weighted by Gasteiger charge is -2.24. The molecule has 6 heteroatoms. The predicted molar refractivity (Wildman–Crippen MR) is 105 cm³/mol. The van der Waals surface area contributed by atoms with E-state index in [2.05, 4.69) is 32.0 Å². The van der Waals surface area contributed by atoms with Gasteiger partial charge in [0.05, 0.1) is 18.1 Å². The van der Waals surface area contributed by atoms with Crippen LogP contribution in [0.1, 0.15) is 37.8 Å². The average Bonchev–Trinajstić information content (AvgIpc) is 2.56. The lowest BCUT2D eigenvalue weighted by Crippen LogP contribution is -2.32. The van der Waals surface area contributed by atoms with Gasteiger partial charge in [-0.1, -0.05) is 62.0 Å². The third kappa shape index (κ3) is 4.60. The first-order valence-electron chi connectivity index (χ1n) is 8.07.